The molecule has 128 valence electrons. The zero-order valence-electron chi connectivity index (χ0n) is 13.5. The highest BCUT2D eigenvalue weighted by atomic mass is 35.5. The Labute approximate surface area is 145 Å². The second-order valence-electron chi connectivity index (χ2n) is 5.89. The van der Waals surface area contributed by atoms with E-state index in [0.29, 0.717) is 23.0 Å². The van der Waals surface area contributed by atoms with Crippen molar-refractivity contribution in [2.45, 2.75) is 25.4 Å². The molecule has 1 aliphatic heterocycles. The first-order chi connectivity index (χ1) is 11.6. The fourth-order valence-electron chi connectivity index (χ4n) is 2.87. The number of carbonyl (C=O) groups is 1. The summed E-state index contributed by atoms with van der Waals surface area (Å²) in [5.74, 6) is 1.17. The Morgan fingerprint density at radius 1 is 1.46 bits per heavy atom. The number of ether oxygens (including phenoxy) is 1. The van der Waals surface area contributed by atoms with E-state index in [1.54, 1.807) is 37.4 Å². The number of aromatic nitrogens is 1. The van der Waals surface area contributed by atoms with Crippen molar-refractivity contribution in [1.82, 2.24) is 15.4 Å². The summed E-state index contributed by atoms with van der Waals surface area (Å²) in [6.07, 6.45) is 1.99. The van der Waals surface area contributed by atoms with Crippen molar-refractivity contribution in [1.29, 1.82) is 0 Å². The van der Waals surface area contributed by atoms with Crippen molar-refractivity contribution < 1.29 is 14.1 Å². The minimum atomic E-state index is -0.0696. The Kier molecular flexibility index (Phi) is 5.37. The van der Waals surface area contributed by atoms with Gasteiger partial charge in [0, 0.05) is 29.2 Å². The fraction of sp³-hybridized carbons (Fsp3) is 0.412. The average molecular weight is 350 g/mol. The minimum absolute atomic E-state index is 0.0696. The molecule has 6 nitrogen and oxygen atoms in total. The van der Waals surface area contributed by atoms with Crippen LogP contribution in [0.25, 0.3) is 0 Å². The quantitative estimate of drug-likeness (QED) is 0.899. The first kappa shape index (κ1) is 16.8. The van der Waals surface area contributed by atoms with Gasteiger partial charge < -0.3 is 14.6 Å². The number of piperidine rings is 1. The fourth-order valence-corrected chi connectivity index (χ4v) is 3.00. The van der Waals surface area contributed by atoms with Crippen molar-refractivity contribution in [3.8, 4) is 5.88 Å². The van der Waals surface area contributed by atoms with Crippen LogP contribution in [0.5, 0.6) is 5.88 Å². The lowest BCUT2D eigenvalue weighted by atomic mass is 10.0. The topological polar surface area (TPSA) is 67.6 Å². The molecule has 3 rings (SSSR count). The SMILES string of the molecule is COc1cc(CN2CCCC(NC(=O)c3ccc(Cl)cc3)C2)on1. The zero-order valence-corrected chi connectivity index (χ0v) is 14.3. The van der Waals surface area contributed by atoms with Gasteiger partial charge in [-0.2, -0.15) is 0 Å². The Morgan fingerprint density at radius 3 is 2.96 bits per heavy atom. The van der Waals surface area contributed by atoms with Gasteiger partial charge in [-0.25, -0.2) is 0 Å². The molecule has 0 radical (unpaired) electrons. The second-order valence-corrected chi connectivity index (χ2v) is 6.33. The van der Waals surface area contributed by atoms with Gasteiger partial charge in [0.1, 0.15) is 0 Å². The maximum Gasteiger partial charge on any atom is 0.254 e. The predicted octanol–water partition coefficient (Wildman–Crippen LogP) is 2.73. The molecular formula is C17H20ClN3O3. The molecule has 1 unspecified atom stereocenters. The number of nitrogens with zero attached hydrogens (tertiary/aromatic N) is 2. The first-order valence-electron chi connectivity index (χ1n) is 7.92. The van der Waals surface area contributed by atoms with Crippen molar-refractivity contribution in [3.63, 3.8) is 0 Å². The molecule has 0 spiro atoms. The van der Waals surface area contributed by atoms with Crippen LogP contribution in [0.4, 0.5) is 0 Å². The van der Waals surface area contributed by atoms with Crippen LogP contribution in [-0.4, -0.2) is 42.2 Å². The van der Waals surface area contributed by atoms with Gasteiger partial charge in [-0.1, -0.05) is 11.6 Å². The molecule has 1 N–H and O–H groups in total. The van der Waals surface area contributed by atoms with Crippen molar-refractivity contribution in [2.75, 3.05) is 20.2 Å². The molecule has 7 heteroatoms. The summed E-state index contributed by atoms with van der Waals surface area (Å²) in [6.45, 7) is 2.41. The lowest BCUT2D eigenvalue weighted by Crippen LogP contribution is -2.47. The number of halogens is 1. The minimum Gasteiger partial charge on any atom is -0.479 e. The van der Waals surface area contributed by atoms with E-state index in [4.69, 9.17) is 20.9 Å². The Hall–Kier alpha value is -2.05. The molecule has 0 bridgehead atoms. The molecular weight excluding hydrogens is 330 g/mol. The van der Waals surface area contributed by atoms with E-state index in [9.17, 15) is 4.79 Å². The van der Waals surface area contributed by atoms with Gasteiger partial charge in [0.25, 0.3) is 11.8 Å². The van der Waals surface area contributed by atoms with Crippen LogP contribution < -0.4 is 10.1 Å². The smallest absolute Gasteiger partial charge is 0.254 e. The third-order valence-corrected chi connectivity index (χ3v) is 4.33. The second kappa shape index (κ2) is 7.68. The number of nitrogens with one attached hydrogen (secondary N) is 1. The summed E-state index contributed by atoms with van der Waals surface area (Å²) in [5.41, 5.74) is 0.622. The summed E-state index contributed by atoms with van der Waals surface area (Å²) >= 11 is 5.86. The molecule has 1 fully saturated rings. The van der Waals surface area contributed by atoms with E-state index >= 15 is 0 Å². The predicted molar refractivity (Wildman–Crippen MR) is 90.3 cm³/mol. The number of rotatable bonds is 5. The van der Waals surface area contributed by atoms with Crippen LogP contribution in [0.15, 0.2) is 34.9 Å². The lowest BCUT2D eigenvalue weighted by Gasteiger charge is -2.32. The third kappa shape index (κ3) is 4.27. The summed E-state index contributed by atoms with van der Waals surface area (Å²) in [7, 11) is 1.56. The maximum absolute atomic E-state index is 12.3. The number of carbonyl (C=O) groups excluding carboxylic acids is 1. The summed E-state index contributed by atoms with van der Waals surface area (Å²) in [6, 6.07) is 8.82. The van der Waals surface area contributed by atoms with Crippen LogP contribution >= 0.6 is 11.6 Å². The Balaban J connectivity index is 1.55. The number of hydrogen-bond donors (Lipinski definition) is 1. The van der Waals surface area contributed by atoms with Crippen molar-refractivity contribution in [2.24, 2.45) is 0 Å². The first-order valence-corrected chi connectivity index (χ1v) is 8.30. The molecule has 2 heterocycles. The molecule has 1 atom stereocenters. The average Bonchev–Trinajstić information content (AvgIpc) is 3.03. The number of benzene rings is 1. The zero-order chi connectivity index (χ0) is 16.9. The van der Waals surface area contributed by atoms with Gasteiger partial charge in [-0.05, 0) is 48.8 Å². The number of methoxy groups -OCH3 is 1. The van der Waals surface area contributed by atoms with Crippen LogP contribution in [0.1, 0.15) is 29.0 Å². The van der Waals surface area contributed by atoms with Crippen LogP contribution in [0, 0.1) is 0 Å². The molecule has 1 aromatic heterocycles. The highest BCUT2D eigenvalue weighted by molar-refractivity contribution is 6.30. The molecule has 0 saturated carbocycles. The van der Waals surface area contributed by atoms with Crippen LogP contribution in [-0.2, 0) is 6.54 Å². The normalized spacial score (nSPS) is 18.3. The van der Waals surface area contributed by atoms with Gasteiger partial charge >= 0.3 is 0 Å². The summed E-state index contributed by atoms with van der Waals surface area (Å²) < 4.78 is 10.3. The van der Waals surface area contributed by atoms with Crippen LogP contribution in [0.3, 0.4) is 0 Å². The van der Waals surface area contributed by atoms with E-state index in [-0.39, 0.29) is 11.9 Å². The summed E-state index contributed by atoms with van der Waals surface area (Å²) in [5, 5.41) is 7.53. The third-order valence-electron chi connectivity index (χ3n) is 4.07. The van der Waals surface area contributed by atoms with Gasteiger partial charge in [-0.3, -0.25) is 9.69 Å². The number of likely N-dealkylation sites (tertiary alicyclic amines) is 1. The standard InChI is InChI=1S/C17H20ClN3O3/c1-23-16-9-15(24-20-16)11-21-8-2-3-14(10-21)19-17(22)12-4-6-13(18)7-5-12/h4-7,9,14H,2-3,8,10-11H2,1H3,(H,19,22). The van der Waals surface area contributed by atoms with Crippen molar-refractivity contribution in [3.05, 3.63) is 46.7 Å². The highest BCUT2D eigenvalue weighted by Gasteiger charge is 2.23. The lowest BCUT2D eigenvalue weighted by molar-refractivity contribution is 0.0896. The van der Waals surface area contributed by atoms with Gasteiger partial charge in [0.05, 0.1) is 13.7 Å². The molecule has 0 aliphatic carbocycles. The number of amides is 1. The van der Waals surface area contributed by atoms with Crippen LogP contribution in [0.2, 0.25) is 5.02 Å². The monoisotopic (exact) mass is 349 g/mol. The Morgan fingerprint density at radius 2 is 2.25 bits per heavy atom. The molecule has 1 saturated heterocycles. The molecule has 1 amide bonds. The Bertz CT molecular complexity index is 687. The molecule has 24 heavy (non-hydrogen) atoms. The van der Waals surface area contributed by atoms with Gasteiger partial charge in [0.15, 0.2) is 5.76 Å². The molecule has 1 aliphatic rings. The van der Waals surface area contributed by atoms with E-state index in [1.165, 1.54) is 0 Å². The highest BCUT2D eigenvalue weighted by Crippen LogP contribution is 2.17. The van der Waals surface area contributed by atoms with Crippen molar-refractivity contribution >= 4 is 17.5 Å². The van der Waals surface area contributed by atoms with E-state index in [1.807, 2.05) is 0 Å². The van der Waals surface area contributed by atoms with E-state index in [0.717, 1.165) is 31.7 Å². The number of hydrogen-bond acceptors (Lipinski definition) is 5. The van der Waals surface area contributed by atoms with Gasteiger partial charge in [0.2, 0.25) is 0 Å². The largest absolute Gasteiger partial charge is 0.479 e. The van der Waals surface area contributed by atoms with E-state index in [2.05, 4.69) is 15.4 Å². The summed E-state index contributed by atoms with van der Waals surface area (Å²) in [4.78, 5) is 14.6. The maximum atomic E-state index is 12.3. The van der Waals surface area contributed by atoms with Gasteiger partial charge in [-0.15, -0.1) is 0 Å². The molecule has 2 aromatic rings. The molecule has 1 aromatic carbocycles. The van der Waals surface area contributed by atoms with E-state index < -0.39 is 0 Å².